The topological polar surface area (TPSA) is 38.7 Å². The molecule has 0 aromatic heterocycles. The maximum absolute atomic E-state index is 9.67. The van der Waals surface area contributed by atoms with Crippen LogP contribution in [0.25, 0.3) is 0 Å². The van der Waals surface area contributed by atoms with Gasteiger partial charge in [-0.2, -0.15) is 0 Å². The molecule has 1 aromatic rings. The molecule has 1 N–H and O–H groups in total. The van der Waals surface area contributed by atoms with Crippen molar-refractivity contribution in [2.75, 3.05) is 6.79 Å². The van der Waals surface area contributed by atoms with E-state index >= 15 is 0 Å². The Morgan fingerprint density at radius 3 is 2.87 bits per heavy atom. The van der Waals surface area contributed by atoms with Crippen LogP contribution in [0.1, 0.15) is 31.1 Å². The highest BCUT2D eigenvalue weighted by molar-refractivity contribution is 9.10. The molecule has 0 bridgehead atoms. The average Bonchev–Trinajstić information content (AvgIpc) is 2.65. The molecule has 1 atom stereocenters. The second-order valence-corrected chi connectivity index (χ2v) is 4.31. The third kappa shape index (κ3) is 1.72. The van der Waals surface area contributed by atoms with Crippen LogP contribution in [0.3, 0.4) is 0 Å². The zero-order valence-corrected chi connectivity index (χ0v) is 10.3. The van der Waals surface area contributed by atoms with E-state index in [0.717, 1.165) is 27.8 Å². The Labute approximate surface area is 97.1 Å². The predicted octanol–water partition coefficient (Wildman–Crippen LogP) is 2.79. The van der Waals surface area contributed by atoms with Crippen LogP contribution in [0.15, 0.2) is 10.5 Å². The Hall–Kier alpha value is -0.740. The highest BCUT2D eigenvalue weighted by Gasteiger charge is 2.23. The van der Waals surface area contributed by atoms with Crippen molar-refractivity contribution in [2.45, 2.75) is 26.4 Å². The zero-order valence-electron chi connectivity index (χ0n) is 8.71. The first kappa shape index (κ1) is 10.8. The summed E-state index contributed by atoms with van der Waals surface area (Å²) >= 11 is 3.50. The van der Waals surface area contributed by atoms with Gasteiger partial charge in [-0.05, 0) is 46.5 Å². The lowest BCUT2D eigenvalue weighted by atomic mass is 10.0. The number of hydrogen-bond donors (Lipinski definition) is 1. The summed E-state index contributed by atoms with van der Waals surface area (Å²) in [6.07, 6.45) is 0.350. The molecule has 82 valence electrons. The van der Waals surface area contributed by atoms with Crippen molar-refractivity contribution in [1.82, 2.24) is 0 Å². The van der Waals surface area contributed by atoms with E-state index < -0.39 is 6.10 Å². The summed E-state index contributed by atoms with van der Waals surface area (Å²) in [5.41, 5.74) is 1.97. The van der Waals surface area contributed by atoms with Crippen LogP contribution in [0.5, 0.6) is 11.5 Å². The van der Waals surface area contributed by atoms with Gasteiger partial charge in [0.2, 0.25) is 6.79 Å². The lowest BCUT2D eigenvalue weighted by molar-refractivity contribution is 0.173. The van der Waals surface area contributed by atoms with Crippen LogP contribution in [0, 0.1) is 0 Å². The SMILES string of the molecule is CCc1c(C(C)O)cc2c(c1Br)OCO2. The first-order valence-electron chi connectivity index (χ1n) is 4.94. The molecule has 4 heteroatoms. The van der Waals surface area contributed by atoms with Crippen molar-refractivity contribution in [1.29, 1.82) is 0 Å². The van der Waals surface area contributed by atoms with Gasteiger partial charge in [0, 0.05) is 0 Å². The van der Waals surface area contributed by atoms with Crippen LogP contribution in [0.2, 0.25) is 0 Å². The van der Waals surface area contributed by atoms with Gasteiger partial charge in [-0.3, -0.25) is 0 Å². The van der Waals surface area contributed by atoms with Crippen LogP contribution in [-0.4, -0.2) is 11.9 Å². The number of fused-ring (bicyclic) bond motifs is 1. The summed E-state index contributed by atoms with van der Waals surface area (Å²) < 4.78 is 11.6. The average molecular weight is 273 g/mol. The van der Waals surface area contributed by atoms with E-state index in [1.165, 1.54) is 0 Å². The second-order valence-electron chi connectivity index (χ2n) is 3.52. The molecule has 15 heavy (non-hydrogen) atoms. The molecule has 0 radical (unpaired) electrons. The Kier molecular flexibility index (Phi) is 2.89. The molecule has 1 unspecified atom stereocenters. The van der Waals surface area contributed by atoms with Crippen LogP contribution in [-0.2, 0) is 6.42 Å². The Morgan fingerprint density at radius 1 is 1.53 bits per heavy atom. The lowest BCUT2D eigenvalue weighted by Gasteiger charge is -2.14. The summed E-state index contributed by atoms with van der Waals surface area (Å²) in [6, 6.07) is 1.86. The predicted molar refractivity (Wildman–Crippen MR) is 60.3 cm³/mol. The summed E-state index contributed by atoms with van der Waals surface area (Å²) in [4.78, 5) is 0. The van der Waals surface area contributed by atoms with E-state index in [1.54, 1.807) is 6.92 Å². The summed E-state index contributed by atoms with van der Waals surface area (Å²) in [6.45, 7) is 4.05. The molecular formula is C11H13BrO3. The van der Waals surface area contributed by atoms with Gasteiger partial charge < -0.3 is 14.6 Å². The number of aliphatic hydroxyl groups excluding tert-OH is 1. The van der Waals surface area contributed by atoms with E-state index in [2.05, 4.69) is 15.9 Å². The maximum Gasteiger partial charge on any atom is 0.231 e. The standard InChI is InChI=1S/C11H13BrO3/c1-3-7-8(6(2)13)4-9-11(10(7)12)15-5-14-9/h4,6,13H,3,5H2,1-2H3. The second kappa shape index (κ2) is 4.02. The Morgan fingerprint density at radius 2 is 2.27 bits per heavy atom. The first-order chi connectivity index (χ1) is 7.15. The molecule has 1 aliphatic rings. The summed E-state index contributed by atoms with van der Waals surface area (Å²) in [5, 5.41) is 9.67. The highest BCUT2D eigenvalue weighted by atomic mass is 79.9. The molecule has 1 aromatic carbocycles. The van der Waals surface area contributed by atoms with E-state index in [1.807, 2.05) is 13.0 Å². The minimum Gasteiger partial charge on any atom is -0.454 e. The van der Waals surface area contributed by atoms with E-state index in [0.29, 0.717) is 5.75 Å². The summed E-state index contributed by atoms with van der Waals surface area (Å²) in [5.74, 6) is 1.45. The van der Waals surface area contributed by atoms with Gasteiger partial charge in [0.15, 0.2) is 11.5 Å². The van der Waals surface area contributed by atoms with Gasteiger partial charge in [-0.15, -0.1) is 0 Å². The molecule has 0 spiro atoms. The quantitative estimate of drug-likeness (QED) is 0.900. The molecule has 0 saturated heterocycles. The number of benzene rings is 1. The molecular weight excluding hydrogens is 260 g/mol. The fourth-order valence-electron chi connectivity index (χ4n) is 1.79. The first-order valence-corrected chi connectivity index (χ1v) is 5.73. The van der Waals surface area contributed by atoms with Gasteiger partial charge in [0.25, 0.3) is 0 Å². The fourth-order valence-corrected chi connectivity index (χ4v) is 2.61. The van der Waals surface area contributed by atoms with Gasteiger partial charge in [-0.1, -0.05) is 6.92 Å². The fraction of sp³-hybridized carbons (Fsp3) is 0.455. The van der Waals surface area contributed by atoms with Gasteiger partial charge in [-0.25, -0.2) is 0 Å². The van der Waals surface area contributed by atoms with Crippen molar-refractivity contribution in [2.24, 2.45) is 0 Å². The third-order valence-electron chi connectivity index (χ3n) is 2.54. The monoisotopic (exact) mass is 272 g/mol. The number of ether oxygens (including phenoxy) is 2. The van der Waals surface area contributed by atoms with Crippen molar-refractivity contribution < 1.29 is 14.6 Å². The molecule has 1 aliphatic heterocycles. The van der Waals surface area contributed by atoms with Crippen molar-refractivity contribution in [3.05, 3.63) is 21.7 Å². The normalized spacial score (nSPS) is 15.5. The molecule has 0 aliphatic carbocycles. The molecule has 0 saturated carbocycles. The van der Waals surface area contributed by atoms with Crippen LogP contribution < -0.4 is 9.47 Å². The van der Waals surface area contributed by atoms with E-state index in [9.17, 15) is 5.11 Å². The minimum atomic E-state index is -0.495. The highest BCUT2D eigenvalue weighted by Crippen LogP contribution is 2.44. The number of rotatable bonds is 2. The summed E-state index contributed by atoms with van der Waals surface area (Å²) in [7, 11) is 0. The number of hydrogen-bond acceptors (Lipinski definition) is 3. The Bertz CT molecular complexity index is 388. The third-order valence-corrected chi connectivity index (χ3v) is 3.38. The molecule has 0 fully saturated rings. The van der Waals surface area contributed by atoms with Gasteiger partial charge >= 0.3 is 0 Å². The van der Waals surface area contributed by atoms with Crippen molar-refractivity contribution >= 4 is 15.9 Å². The minimum absolute atomic E-state index is 0.250. The molecule has 0 amide bonds. The molecule has 1 heterocycles. The zero-order chi connectivity index (χ0) is 11.0. The van der Waals surface area contributed by atoms with Crippen molar-refractivity contribution in [3.8, 4) is 11.5 Å². The smallest absolute Gasteiger partial charge is 0.231 e. The Balaban J connectivity index is 2.61. The number of aliphatic hydroxyl groups is 1. The largest absolute Gasteiger partial charge is 0.454 e. The lowest BCUT2D eigenvalue weighted by Crippen LogP contribution is -1.99. The van der Waals surface area contributed by atoms with E-state index in [-0.39, 0.29) is 6.79 Å². The van der Waals surface area contributed by atoms with Crippen LogP contribution in [0.4, 0.5) is 0 Å². The maximum atomic E-state index is 9.67. The molecule has 3 nitrogen and oxygen atoms in total. The van der Waals surface area contributed by atoms with Gasteiger partial charge in [0.1, 0.15) is 0 Å². The van der Waals surface area contributed by atoms with Crippen molar-refractivity contribution in [3.63, 3.8) is 0 Å². The van der Waals surface area contributed by atoms with E-state index in [4.69, 9.17) is 9.47 Å². The molecule has 2 rings (SSSR count). The number of halogens is 1. The van der Waals surface area contributed by atoms with Crippen LogP contribution >= 0.6 is 15.9 Å². The van der Waals surface area contributed by atoms with Gasteiger partial charge in [0.05, 0.1) is 10.6 Å².